The molecule has 0 saturated heterocycles. The molecule has 0 amide bonds. The summed E-state index contributed by atoms with van der Waals surface area (Å²) in [4.78, 5) is 16.5. The number of benzene rings is 2. The topological polar surface area (TPSA) is 60.9 Å². The first kappa shape index (κ1) is 17.2. The predicted octanol–water partition coefficient (Wildman–Crippen LogP) is 4.41. The smallest absolute Gasteiger partial charge is 0.259 e. The highest BCUT2D eigenvalue weighted by atomic mass is 35.5. The van der Waals surface area contributed by atoms with E-state index >= 15 is 0 Å². The Hall–Kier alpha value is -3.25. The molecule has 0 fully saturated rings. The SMILES string of the molecule is O=c1ccc(-c2nc(-c3ccc(Cl)cc3)no2)cn1Cc1cccc(F)c1. The minimum atomic E-state index is -0.346. The quantitative estimate of drug-likeness (QED) is 0.525. The minimum absolute atomic E-state index is 0.208. The van der Waals surface area contributed by atoms with Crippen molar-refractivity contribution < 1.29 is 8.91 Å². The molecule has 4 aromatic rings. The first-order valence-corrected chi connectivity index (χ1v) is 8.51. The molecule has 0 N–H and O–H groups in total. The van der Waals surface area contributed by atoms with E-state index in [-0.39, 0.29) is 23.8 Å². The molecule has 0 saturated carbocycles. The van der Waals surface area contributed by atoms with Crippen molar-refractivity contribution in [3.63, 3.8) is 0 Å². The summed E-state index contributed by atoms with van der Waals surface area (Å²) in [5.41, 5.74) is 1.84. The van der Waals surface area contributed by atoms with Crippen LogP contribution in [0.3, 0.4) is 0 Å². The van der Waals surface area contributed by atoms with E-state index in [2.05, 4.69) is 10.1 Å². The van der Waals surface area contributed by atoms with Gasteiger partial charge in [-0.15, -0.1) is 0 Å². The minimum Gasteiger partial charge on any atom is -0.334 e. The van der Waals surface area contributed by atoms with Crippen LogP contribution in [0.1, 0.15) is 5.56 Å². The van der Waals surface area contributed by atoms with Crippen LogP contribution in [-0.4, -0.2) is 14.7 Å². The molecule has 2 aromatic carbocycles. The number of aromatic nitrogens is 3. The highest BCUT2D eigenvalue weighted by molar-refractivity contribution is 6.30. The highest BCUT2D eigenvalue weighted by Gasteiger charge is 2.12. The summed E-state index contributed by atoms with van der Waals surface area (Å²) >= 11 is 5.89. The molecule has 134 valence electrons. The van der Waals surface area contributed by atoms with Gasteiger partial charge < -0.3 is 9.09 Å². The van der Waals surface area contributed by atoms with Crippen LogP contribution < -0.4 is 5.56 Å². The van der Waals surface area contributed by atoms with Crippen molar-refractivity contribution in [1.82, 2.24) is 14.7 Å². The molecule has 0 radical (unpaired) electrons. The zero-order valence-corrected chi connectivity index (χ0v) is 14.7. The summed E-state index contributed by atoms with van der Waals surface area (Å²) in [6.45, 7) is 0.239. The summed E-state index contributed by atoms with van der Waals surface area (Å²) in [7, 11) is 0. The molecule has 4 rings (SSSR count). The molecule has 0 aliphatic heterocycles. The molecule has 2 heterocycles. The first-order valence-electron chi connectivity index (χ1n) is 8.13. The van der Waals surface area contributed by atoms with E-state index in [1.165, 1.54) is 22.8 Å². The summed E-state index contributed by atoms with van der Waals surface area (Å²) in [5, 5.41) is 4.59. The number of nitrogens with zero attached hydrogens (tertiary/aromatic N) is 3. The Bertz CT molecular complexity index is 1150. The molecule has 2 aromatic heterocycles. The normalized spacial score (nSPS) is 10.9. The second-order valence-corrected chi connectivity index (χ2v) is 6.38. The van der Waals surface area contributed by atoms with Crippen LogP contribution in [0, 0.1) is 5.82 Å². The molecule has 7 heteroatoms. The largest absolute Gasteiger partial charge is 0.334 e. The second kappa shape index (κ2) is 7.17. The average molecular weight is 382 g/mol. The van der Waals surface area contributed by atoms with Gasteiger partial charge in [0.1, 0.15) is 5.82 Å². The number of halogens is 2. The molecule has 0 aliphatic carbocycles. The average Bonchev–Trinajstić information content (AvgIpc) is 3.14. The fourth-order valence-electron chi connectivity index (χ4n) is 2.67. The number of pyridine rings is 1. The van der Waals surface area contributed by atoms with Gasteiger partial charge in [-0.2, -0.15) is 4.98 Å². The fraction of sp³-hybridized carbons (Fsp3) is 0.0500. The van der Waals surface area contributed by atoms with Gasteiger partial charge in [0.2, 0.25) is 5.82 Å². The molecule has 27 heavy (non-hydrogen) atoms. The van der Waals surface area contributed by atoms with Crippen molar-refractivity contribution in [3.05, 3.63) is 93.6 Å². The van der Waals surface area contributed by atoms with Gasteiger partial charge in [-0.1, -0.05) is 28.9 Å². The van der Waals surface area contributed by atoms with Gasteiger partial charge in [0, 0.05) is 22.8 Å². The zero-order valence-electron chi connectivity index (χ0n) is 14.0. The Labute approximate surface area is 158 Å². The molecule has 0 spiro atoms. The Morgan fingerprint density at radius 3 is 2.59 bits per heavy atom. The second-order valence-electron chi connectivity index (χ2n) is 5.94. The monoisotopic (exact) mass is 381 g/mol. The fourth-order valence-corrected chi connectivity index (χ4v) is 2.80. The van der Waals surface area contributed by atoms with E-state index in [4.69, 9.17) is 16.1 Å². The molecule has 0 unspecified atom stereocenters. The van der Waals surface area contributed by atoms with Crippen LogP contribution in [0.5, 0.6) is 0 Å². The zero-order chi connectivity index (χ0) is 18.8. The molecule has 5 nitrogen and oxygen atoms in total. The van der Waals surface area contributed by atoms with Crippen molar-refractivity contribution in [2.24, 2.45) is 0 Å². The van der Waals surface area contributed by atoms with Gasteiger partial charge in [-0.3, -0.25) is 4.79 Å². The molecular formula is C20H13ClFN3O2. The third kappa shape index (κ3) is 3.80. The van der Waals surface area contributed by atoms with E-state index in [0.717, 1.165) is 5.56 Å². The van der Waals surface area contributed by atoms with Crippen molar-refractivity contribution in [3.8, 4) is 22.8 Å². The van der Waals surface area contributed by atoms with Gasteiger partial charge in [-0.25, -0.2) is 4.39 Å². The number of hydrogen-bond acceptors (Lipinski definition) is 4. The number of hydrogen-bond donors (Lipinski definition) is 0. The van der Waals surface area contributed by atoms with Crippen LogP contribution in [0.2, 0.25) is 5.02 Å². The summed E-state index contributed by atoms with van der Waals surface area (Å²) in [6, 6.07) is 16.2. The molecule has 0 atom stereocenters. The van der Waals surface area contributed by atoms with Crippen LogP contribution in [-0.2, 0) is 6.54 Å². The lowest BCUT2D eigenvalue weighted by Gasteiger charge is -2.07. The third-order valence-corrected chi connectivity index (χ3v) is 4.25. The summed E-state index contributed by atoms with van der Waals surface area (Å²) < 4.78 is 20.2. The van der Waals surface area contributed by atoms with Gasteiger partial charge in [0.05, 0.1) is 12.1 Å². The van der Waals surface area contributed by atoms with Crippen molar-refractivity contribution in [1.29, 1.82) is 0 Å². The lowest BCUT2D eigenvalue weighted by atomic mass is 10.2. The lowest BCUT2D eigenvalue weighted by Crippen LogP contribution is -2.19. The Morgan fingerprint density at radius 1 is 1.04 bits per heavy atom. The van der Waals surface area contributed by atoms with Crippen LogP contribution in [0.25, 0.3) is 22.8 Å². The molecule has 0 aliphatic rings. The van der Waals surface area contributed by atoms with Gasteiger partial charge in [0.25, 0.3) is 11.4 Å². The standard InChI is InChI=1S/C20H13ClFN3O2/c21-16-7-4-14(5-8-16)19-23-20(27-24-19)15-6-9-18(26)25(12-15)11-13-2-1-3-17(22)10-13/h1-10,12H,11H2. The Morgan fingerprint density at radius 2 is 1.81 bits per heavy atom. The van der Waals surface area contributed by atoms with Gasteiger partial charge >= 0.3 is 0 Å². The Balaban J connectivity index is 1.65. The van der Waals surface area contributed by atoms with Crippen molar-refractivity contribution >= 4 is 11.6 Å². The van der Waals surface area contributed by atoms with E-state index in [9.17, 15) is 9.18 Å². The van der Waals surface area contributed by atoms with Gasteiger partial charge in [0.15, 0.2) is 0 Å². The molecule has 0 bridgehead atoms. The maximum absolute atomic E-state index is 13.4. The summed E-state index contributed by atoms with van der Waals surface area (Å²) in [5.74, 6) is 0.360. The maximum Gasteiger partial charge on any atom is 0.259 e. The van der Waals surface area contributed by atoms with Crippen LogP contribution in [0.15, 0.2) is 76.2 Å². The lowest BCUT2D eigenvalue weighted by molar-refractivity contribution is 0.432. The van der Waals surface area contributed by atoms with Crippen LogP contribution in [0.4, 0.5) is 4.39 Å². The molecular weight excluding hydrogens is 369 g/mol. The third-order valence-electron chi connectivity index (χ3n) is 4.00. The maximum atomic E-state index is 13.4. The van der Waals surface area contributed by atoms with Crippen molar-refractivity contribution in [2.45, 2.75) is 6.54 Å². The van der Waals surface area contributed by atoms with E-state index < -0.39 is 0 Å². The number of rotatable bonds is 4. The highest BCUT2D eigenvalue weighted by Crippen LogP contribution is 2.23. The van der Waals surface area contributed by atoms with Crippen LogP contribution >= 0.6 is 11.6 Å². The van der Waals surface area contributed by atoms with E-state index in [1.54, 1.807) is 48.7 Å². The first-order chi connectivity index (χ1) is 13.1. The predicted molar refractivity (Wildman–Crippen MR) is 99.9 cm³/mol. The Kier molecular flexibility index (Phi) is 4.56. The van der Waals surface area contributed by atoms with Crippen molar-refractivity contribution in [2.75, 3.05) is 0 Å². The van der Waals surface area contributed by atoms with Gasteiger partial charge in [-0.05, 0) is 48.0 Å². The van der Waals surface area contributed by atoms with E-state index in [1.807, 2.05) is 0 Å². The van der Waals surface area contributed by atoms with E-state index in [0.29, 0.717) is 22.0 Å². The summed E-state index contributed by atoms with van der Waals surface area (Å²) in [6.07, 6.45) is 1.62.